The summed E-state index contributed by atoms with van der Waals surface area (Å²) in [5, 5.41) is 3.72. The summed E-state index contributed by atoms with van der Waals surface area (Å²) in [4.78, 5) is 11.7. The average molecular weight is 286 g/mol. The number of rotatable bonds is 7. The number of esters is 1. The third kappa shape index (κ3) is 4.73. The highest BCUT2D eigenvalue weighted by atomic mass is 35.5. The number of para-hydroxylation sites is 1. The van der Waals surface area contributed by atoms with E-state index in [0.29, 0.717) is 11.6 Å². The summed E-state index contributed by atoms with van der Waals surface area (Å²) in [7, 11) is 1.56. The van der Waals surface area contributed by atoms with Gasteiger partial charge in [-0.2, -0.15) is 0 Å². The van der Waals surface area contributed by atoms with Crippen molar-refractivity contribution in [1.29, 1.82) is 0 Å². The molecular weight excluding hydrogens is 266 g/mol. The van der Waals surface area contributed by atoms with Gasteiger partial charge in [-0.15, -0.1) is 0 Å². The molecule has 1 aromatic carbocycles. The third-order valence-corrected chi connectivity index (χ3v) is 3.04. The lowest BCUT2D eigenvalue weighted by molar-refractivity contribution is -0.145. The number of hydrogen-bond acceptors (Lipinski definition) is 4. The Morgan fingerprint density at radius 3 is 2.79 bits per heavy atom. The topological polar surface area (TPSA) is 47.6 Å². The fraction of sp³-hybridized carbons (Fsp3) is 0.500. The van der Waals surface area contributed by atoms with E-state index in [9.17, 15) is 4.79 Å². The minimum Gasteiger partial charge on any atom is -0.462 e. The van der Waals surface area contributed by atoms with Gasteiger partial charge in [-0.3, -0.25) is 0 Å². The maximum Gasteiger partial charge on any atom is 0.328 e. The molecule has 0 amide bonds. The predicted octanol–water partition coefficient (Wildman–Crippen LogP) is 2.89. The van der Waals surface area contributed by atoms with Crippen molar-refractivity contribution in [3.8, 4) is 0 Å². The second-order valence-electron chi connectivity index (χ2n) is 4.15. The largest absolute Gasteiger partial charge is 0.462 e. The summed E-state index contributed by atoms with van der Waals surface area (Å²) in [6.07, 6.45) is 0.842. The van der Waals surface area contributed by atoms with Crippen molar-refractivity contribution in [3.63, 3.8) is 0 Å². The van der Waals surface area contributed by atoms with E-state index in [1.807, 2.05) is 19.1 Å². The summed E-state index contributed by atoms with van der Waals surface area (Å²) < 4.78 is 9.89. The molecule has 0 saturated heterocycles. The van der Waals surface area contributed by atoms with Crippen molar-refractivity contribution in [2.75, 3.05) is 25.6 Å². The normalized spacial score (nSPS) is 12.0. The molecule has 1 N–H and O–H groups in total. The Balaban J connectivity index is 2.66. The maximum absolute atomic E-state index is 11.7. The Morgan fingerprint density at radius 2 is 2.16 bits per heavy atom. The Hall–Kier alpha value is -1.26. The lowest BCUT2D eigenvalue weighted by Gasteiger charge is -2.18. The van der Waals surface area contributed by atoms with E-state index in [1.54, 1.807) is 20.1 Å². The van der Waals surface area contributed by atoms with E-state index in [4.69, 9.17) is 21.1 Å². The SMILES string of the molecule is CCc1cccc(Cl)c1N[C@@H](C)C(=O)OCCOC. The fourth-order valence-electron chi connectivity index (χ4n) is 1.65. The van der Waals surface area contributed by atoms with E-state index in [1.165, 1.54) is 0 Å². The van der Waals surface area contributed by atoms with Crippen molar-refractivity contribution in [1.82, 2.24) is 0 Å². The summed E-state index contributed by atoms with van der Waals surface area (Å²) in [5.74, 6) is -0.320. The molecule has 0 aliphatic heterocycles. The average Bonchev–Trinajstić information content (AvgIpc) is 2.41. The van der Waals surface area contributed by atoms with E-state index in [2.05, 4.69) is 5.32 Å². The van der Waals surface area contributed by atoms with Crippen LogP contribution in [0.2, 0.25) is 5.02 Å². The molecule has 0 fully saturated rings. The van der Waals surface area contributed by atoms with Crippen molar-refractivity contribution in [3.05, 3.63) is 28.8 Å². The molecule has 0 radical (unpaired) electrons. The van der Waals surface area contributed by atoms with Gasteiger partial charge in [0.15, 0.2) is 0 Å². The number of nitrogens with one attached hydrogen (secondary N) is 1. The lowest BCUT2D eigenvalue weighted by atomic mass is 10.1. The minimum atomic E-state index is -0.456. The number of ether oxygens (including phenoxy) is 2. The third-order valence-electron chi connectivity index (χ3n) is 2.73. The number of anilines is 1. The van der Waals surface area contributed by atoms with Crippen LogP contribution in [0.15, 0.2) is 18.2 Å². The zero-order valence-electron chi connectivity index (χ0n) is 11.5. The molecule has 1 aromatic rings. The van der Waals surface area contributed by atoms with Crippen molar-refractivity contribution in [2.24, 2.45) is 0 Å². The highest BCUT2D eigenvalue weighted by Crippen LogP contribution is 2.27. The van der Waals surface area contributed by atoms with Crippen molar-refractivity contribution >= 4 is 23.3 Å². The number of benzene rings is 1. The number of methoxy groups -OCH3 is 1. The van der Waals surface area contributed by atoms with Crippen LogP contribution in [-0.4, -0.2) is 32.3 Å². The van der Waals surface area contributed by atoms with Crippen LogP contribution >= 0.6 is 11.6 Å². The molecule has 0 saturated carbocycles. The summed E-state index contributed by atoms with van der Waals surface area (Å²) in [6.45, 7) is 4.44. The fourth-order valence-corrected chi connectivity index (χ4v) is 1.90. The van der Waals surface area contributed by atoms with Gasteiger partial charge in [-0.05, 0) is 25.0 Å². The van der Waals surface area contributed by atoms with Crippen LogP contribution in [0, 0.1) is 0 Å². The van der Waals surface area contributed by atoms with E-state index >= 15 is 0 Å². The molecular formula is C14H20ClNO3. The van der Waals surface area contributed by atoms with E-state index in [-0.39, 0.29) is 12.6 Å². The molecule has 5 heteroatoms. The molecule has 0 heterocycles. The zero-order chi connectivity index (χ0) is 14.3. The number of halogens is 1. The number of carbonyl (C=O) groups is 1. The first-order chi connectivity index (χ1) is 9.10. The minimum absolute atomic E-state index is 0.254. The van der Waals surface area contributed by atoms with Gasteiger partial charge in [-0.1, -0.05) is 30.7 Å². The molecule has 1 rings (SSSR count). The van der Waals surface area contributed by atoms with Crippen LogP contribution in [0.3, 0.4) is 0 Å². The number of carbonyl (C=O) groups excluding carboxylic acids is 1. The van der Waals surface area contributed by atoms with Gasteiger partial charge in [0.25, 0.3) is 0 Å². The molecule has 0 spiro atoms. The summed E-state index contributed by atoms with van der Waals surface area (Å²) in [6, 6.07) is 5.22. The van der Waals surface area contributed by atoms with Gasteiger partial charge >= 0.3 is 5.97 Å². The lowest BCUT2D eigenvalue weighted by Crippen LogP contribution is -2.29. The first-order valence-electron chi connectivity index (χ1n) is 6.29. The Labute approximate surface area is 119 Å². The van der Waals surface area contributed by atoms with Gasteiger partial charge < -0.3 is 14.8 Å². The molecule has 4 nitrogen and oxygen atoms in total. The van der Waals surface area contributed by atoms with Crippen LogP contribution < -0.4 is 5.32 Å². The Bertz CT molecular complexity index is 423. The second kappa shape index (κ2) is 8.02. The highest BCUT2D eigenvalue weighted by molar-refractivity contribution is 6.33. The van der Waals surface area contributed by atoms with Gasteiger partial charge in [-0.25, -0.2) is 4.79 Å². The zero-order valence-corrected chi connectivity index (χ0v) is 12.3. The van der Waals surface area contributed by atoms with E-state index < -0.39 is 6.04 Å². The van der Waals surface area contributed by atoms with Gasteiger partial charge in [0.05, 0.1) is 17.3 Å². The number of aryl methyl sites for hydroxylation is 1. The summed E-state index contributed by atoms with van der Waals surface area (Å²) in [5.41, 5.74) is 1.87. The van der Waals surface area contributed by atoms with Gasteiger partial charge in [0, 0.05) is 7.11 Å². The van der Waals surface area contributed by atoms with Crippen LogP contribution in [0.1, 0.15) is 19.4 Å². The van der Waals surface area contributed by atoms with Crippen molar-refractivity contribution < 1.29 is 14.3 Å². The predicted molar refractivity (Wildman–Crippen MR) is 76.7 cm³/mol. The Kier molecular flexibility index (Phi) is 6.67. The highest BCUT2D eigenvalue weighted by Gasteiger charge is 2.16. The van der Waals surface area contributed by atoms with E-state index in [0.717, 1.165) is 17.7 Å². The van der Waals surface area contributed by atoms with Crippen LogP contribution in [-0.2, 0) is 20.7 Å². The van der Waals surface area contributed by atoms with Crippen LogP contribution in [0.5, 0.6) is 0 Å². The molecule has 0 aliphatic rings. The molecule has 19 heavy (non-hydrogen) atoms. The first-order valence-corrected chi connectivity index (χ1v) is 6.67. The molecule has 1 atom stereocenters. The van der Waals surface area contributed by atoms with Crippen LogP contribution in [0.25, 0.3) is 0 Å². The number of hydrogen-bond donors (Lipinski definition) is 1. The molecule has 0 aromatic heterocycles. The van der Waals surface area contributed by atoms with Crippen LogP contribution in [0.4, 0.5) is 5.69 Å². The maximum atomic E-state index is 11.7. The van der Waals surface area contributed by atoms with Gasteiger partial charge in [0.1, 0.15) is 12.6 Å². The second-order valence-corrected chi connectivity index (χ2v) is 4.56. The molecule has 106 valence electrons. The standard InChI is InChI=1S/C14H20ClNO3/c1-4-11-6-5-7-12(15)13(11)16-10(2)14(17)19-9-8-18-3/h5-7,10,16H,4,8-9H2,1-3H3/t10-/m0/s1. The summed E-state index contributed by atoms with van der Waals surface area (Å²) >= 11 is 6.15. The quantitative estimate of drug-likeness (QED) is 0.618. The molecule has 0 bridgehead atoms. The smallest absolute Gasteiger partial charge is 0.328 e. The monoisotopic (exact) mass is 285 g/mol. The van der Waals surface area contributed by atoms with Gasteiger partial charge in [0.2, 0.25) is 0 Å². The Morgan fingerprint density at radius 1 is 1.42 bits per heavy atom. The first kappa shape index (κ1) is 15.8. The van der Waals surface area contributed by atoms with Crippen molar-refractivity contribution in [2.45, 2.75) is 26.3 Å². The molecule has 0 aliphatic carbocycles. The molecule has 0 unspecified atom stereocenters.